The maximum atomic E-state index is 12.9. The number of benzene rings is 2. The van der Waals surface area contributed by atoms with E-state index >= 15 is 0 Å². The van der Waals surface area contributed by atoms with Gasteiger partial charge in [-0.2, -0.15) is 0 Å². The number of esters is 1. The van der Waals surface area contributed by atoms with Gasteiger partial charge < -0.3 is 4.74 Å². The molecule has 0 radical (unpaired) electrons. The SMILES string of the molecule is CCOC(=O)C(Sc1ccccc1[N+](=O)[O-])(Sc1ccccc1[N+](=O)[O-])C(C)=O. The molecule has 2 aromatic rings. The first-order valence-electron chi connectivity index (χ1n) is 8.26. The van der Waals surface area contributed by atoms with E-state index in [1.807, 2.05) is 0 Å². The van der Waals surface area contributed by atoms with E-state index in [-0.39, 0.29) is 27.8 Å². The number of ketones is 1. The first kappa shape index (κ1) is 22.4. The van der Waals surface area contributed by atoms with Crippen LogP contribution in [0.1, 0.15) is 13.8 Å². The quantitative estimate of drug-likeness (QED) is 0.141. The maximum Gasteiger partial charge on any atom is 0.341 e. The summed E-state index contributed by atoms with van der Waals surface area (Å²) in [7, 11) is 0. The largest absolute Gasteiger partial charge is 0.464 e. The Hall–Kier alpha value is -2.92. The molecule has 0 aliphatic heterocycles. The molecule has 0 saturated heterocycles. The summed E-state index contributed by atoms with van der Waals surface area (Å²) in [4.78, 5) is 47.1. The highest BCUT2D eigenvalue weighted by Gasteiger charge is 2.49. The second-order valence-electron chi connectivity index (χ2n) is 5.55. The highest BCUT2D eigenvalue weighted by atomic mass is 32.2. The summed E-state index contributed by atoms with van der Waals surface area (Å²) in [6, 6.07) is 11.3. The Balaban J connectivity index is 2.64. The van der Waals surface area contributed by atoms with Crippen LogP contribution < -0.4 is 0 Å². The molecule has 29 heavy (non-hydrogen) atoms. The lowest BCUT2D eigenvalue weighted by molar-refractivity contribution is -0.387. The number of nitro groups is 2. The van der Waals surface area contributed by atoms with Gasteiger partial charge in [-0.05, 0) is 26.0 Å². The summed E-state index contributed by atoms with van der Waals surface area (Å²) < 4.78 is 3.07. The second kappa shape index (κ2) is 9.52. The molecule has 11 heteroatoms. The highest BCUT2D eigenvalue weighted by Crippen LogP contribution is 2.51. The molecular formula is C18H16N2O7S2. The van der Waals surface area contributed by atoms with Crippen LogP contribution in [0.4, 0.5) is 11.4 Å². The van der Waals surface area contributed by atoms with Crippen molar-refractivity contribution in [3.63, 3.8) is 0 Å². The molecule has 0 unspecified atom stereocenters. The van der Waals surface area contributed by atoms with Crippen molar-refractivity contribution in [2.24, 2.45) is 0 Å². The minimum atomic E-state index is -2.01. The van der Waals surface area contributed by atoms with E-state index in [9.17, 15) is 29.8 Å². The molecule has 0 saturated carbocycles. The van der Waals surface area contributed by atoms with Crippen LogP contribution in [-0.2, 0) is 14.3 Å². The lowest BCUT2D eigenvalue weighted by Gasteiger charge is -2.27. The fourth-order valence-electron chi connectivity index (χ4n) is 2.32. The van der Waals surface area contributed by atoms with E-state index in [4.69, 9.17) is 4.74 Å². The van der Waals surface area contributed by atoms with Crippen LogP contribution in [0.3, 0.4) is 0 Å². The minimum absolute atomic E-state index is 0.0389. The molecule has 2 rings (SSSR count). The van der Waals surface area contributed by atoms with E-state index in [0.29, 0.717) is 23.5 Å². The number of rotatable bonds is 9. The fourth-order valence-corrected chi connectivity index (χ4v) is 5.00. The Morgan fingerprint density at radius 3 is 1.69 bits per heavy atom. The van der Waals surface area contributed by atoms with E-state index in [1.165, 1.54) is 48.5 Å². The molecule has 0 N–H and O–H groups in total. The zero-order valence-corrected chi connectivity index (χ0v) is 17.0. The first-order valence-corrected chi connectivity index (χ1v) is 9.89. The van der Waals surface area contributed by atoms with Gasteiger partial charge in [0.15, 0.2) is 5.78 Å². The number of nitrogens with zero attached hydrogens (tertiary/aromatic N) is 2. The van der Waals surface area contributed by atoms with Gasteiger partial charge in [-0.25, -0.2) is 4.79 Å². The van der Waals surface area contributed by atoms with Crippen molar-refractivity contribution < 1.29 is 24.2 Å². The van der Waals surface area contributed by atoms with Crippen molar-refractivity contribution in [2.45, 2.75) is 27.7 Å². The molecule has 9 nitrogen and oxygen atoms in total. The van der Waals surface area contributed by atoms with Gasteiger partial charge in [0.1, 0.15) is 0 Å². The standard InChI is InChI=1S/C18H16N2O7S2/c1-3-27-17(22)18(12(2)21,28-15-10-6-4-8-13(15)19(23)24)29-16-11-7-5-9-14(16)20(25)26/h4-11H,3H2,1-2H3. The average molecular weight is 436 g/mol. The van der Waals surface area contributed by atoms with Gasteiger partial charge in [0.25, 0.3) is 11.4 Å². The third-order valence-electron chi connectivity index (χ3n) is 3.64. The molecule has 0 bridgehead atoms. The van der Waals surface area contributed by atoms with Crippen LogP contribution in [0.15, 0.2) is 58.3 Å². The predicted octanol–water partition coefficient (Wildman–Crippen LogP) is 4.24. The molecule has 0 fully saturated rings. The third kappa shape index (κ3) is 4.93. The molecule has 0 aliphatic carbocycles. The number of Topliss-reactive ketones (excluding diaryl/α,β-unsaturated/α-hetero) is 1. The summed E-state index contributed by atoms with van der Waals surface area (Å²) in [5.41, 5.74) is -0.592. The predicted molar refractivity (Wildman–Crippen MR) is 108 cm³/mol. The van der Waals surface area contributed by atoms with Crippen LogP contribution in [0.2, 0.25) is 0 Å². The van der Waals surface area contributed by atoms with E-state index in [2.05, 4.69) is 0 Å². The Kier molecular flexibility index (Phi) is 7.35. The van der Waals surface area contributed by atoms with Crippen LogP contribution >= 0.6 is 23.5 Å². The molecule has 0 aliphatic rings. The van der Waals surface area contributed by atoms with Crippen LogP contribution in [0, 0.1) is 20.2 Å². The Bertz CT molecular complexity index is 905. The van der Waals surface area contributed by atoms with Crippen molar-refractivity contribution in [1.29, 1.82) is 0 Å². The molecule has 0 aromatic heterocycles. The Morgan fingerprint density at radius 1 is 0.931 bits per heavy atom. The lowest BCUT2D eigenvalue weighted by Crippen LogP contribution is -2.40. The molecule has 152 valence electrons. The summed E-state index contributed by atoms with van der Waals surface area (Å²) in [6.45, 7) is 2.65. The molecule has 0 atom stereocenters. The third-order valence-corrected chi connectivity index (χ3v) is 6.75. The first-order chi connectivity index (χ1) is 13.7. The van der Waals surface area contributed by atoms with Crippen LogP contribution in [-0.4, -0.2) is 32.3 Å². The van der Waals surface area contributed by atoms with Crippen LogP contribution in [0.5, 0.6) is 0 Å². The fraction of sp³-hybridized carbons (Fsp3) is 0.222. The molecular weight excluding hydrogens is 420 g/mol. The lowest BCUT2D eigenvalue weighted by atomic mass is 10.3. The number of nitro benzene ring substituents is 2. The van der Waals surface area contributed by atoms with Crippen molar-refractivity contribution in [3.05, 3.63) is 68.8 Å². The smallest absolute Gasteiger partial charge is 0.341 e. The maximum absolute atomic E-state index is 12.9. The number of thioether (sulfide) groups is 2. The Morgan fingerprint density at radius 2 is 1.34 bits per heavy atom. The van der Waals surface area contributed by atoms with Crippen molar-refractivity contribution >= 4 is 46.7 Å². The van der Waals surface area contributed by atoms with Gasteiger partial charge in [-0.15, -0.1) is 0 Å². The number of para-hydroxylation sites is 2. The summed E-state index contributed by atoms with van der Waals surface area (Å²) in [5.74, 6) is -1.61. The van der Waals surface area contributed by atoms with Gasteiger partial charge in [0.2, 0.25) is 4.08 Å². The molecule has 0 heterocycles. The van der Waals surface area contributed by atoms with E-state index in [1.54, 1.807) is 6.92 Å². The van der Waals surface area contributed by atoms with Gasteiger partial charge in [0, 0.05) is 12.1 Å². The van der Waals surface area contributed by atoms with E-state index < -0.39 is 25.7 Å². The summed E-state index contributed by atoms with van der Waals surface area (Å²) in [5, 5.41) is 22.7. The van der Waals surface area contributed by atoms with Crippen molar-refractivity contribution in [1.82, 2.24) is 0 Å². The second-order valence-corrected chi connectivity index (χ2v) is 8.32. The zero-order valence-electron chi connectivity index (χ0n) is 15.4. The van der Waals surface area contributed by atoms with E-state index in [0.717, 1.165) is 6.92 Å². The Labute approximate surface area is 174 Å². The van der Waals surface area contributed by atoms with Crippen LogP contribution in [0.25, 0.3) is 0 Å². The monoisotopic (exact) mass is 436 g/mol. The van der Waals surface area contributed by atoms with Gasteiger partial charge >= 0.3 is 5.97 Å². The molecule has 0 spiro atoms. The van der Waals surface area contributed by atoms with Gasteiger partial charge in [-0.1, -0.05) is 47.8 Å². The zero-order chi connectivity index (χ0) is 21.6. The summed E-state index contributed by atoms with van der Waals surface area (Å²) >= 11 is 1.27. The number of hydrogen-bond acceptors (Lipinski definition) is 9. The van der Waals surface area contributed by atoms with Gasteiger partial charge in [0.05, 0.1) is 26.2 Å². The number of hydrogen-bond donors (Lipinski definition) is 0. The number of carbonyl (C=O) groups is 2. The van der Waals surface area contributed by atoms with Crippen molar-refractivity contribution in [2.75, 3.05) is 6.61 Å². The number of carbonyl (C=O) groups excluding carboxylic acids is 2. The summed E-state index contributed by atoms with van der Waals surface area (Å²) in [6.07, 6.45) is 0. The highest BCUT2D eigenvalue weighted by molar-refractivity contribution is 8.20. The normalized spacial score (nSPS) is 11.0. The molecule has 0 amide bonds. The minimum Gasteiger partial charge on any atom is -0.464 e. The topological polar surface area (TPSA) is 130 Å². The average Bonchev–Trinajstić information content (AvgIpc) is 2.67. The molecule has 2 aromatic carbocycles. The van der Waals surface area contributed by atoms with Gasteiger partial charge in [-0.3, -0.25) is 25.0 Å². The van der Waals surface area contributed by atoms with Crippen molar-refractivity contribution in [3.8, 4) is 0 Å². The number of ether oxygens (including phenoxy) is 1.